The maximum atomic E-state index is 12.2. The van der Waals surface area contributed by atoms with Crippen molar-refractivity contribution in [3.8, 4) is 0 Å². The Morgan fingerprint density at radius 3 is 2.88 bits per heavy atom. The molecule has 3 rings (SSSR count). The first-order chi connectivity index (χ1) is 11.8. The van der Waals surface area contributed by atoms with Crippen molar-refractivity contribution in [2.75, 3.05) is 18.4 Å². The Morgan fingerprint density at radius 2 is 2.08 bits per heavy atom. The zero-order valence-corrected chi connectivity index (χ0v) is 14.3. The average molecular weight is 330 g/mol. The zero-order valence-electron chi connectivity index (χ0n) is 14.3. The van der Waals surface area contributed by atoms with Gasteiger partial charge >= 0.3 is 0 Å². The summed E-state index contributed by atoms with van der Waals surface area (Å²) >= 11 is 0. The lowest BCUT2D eigenvalue weighted by atomic mass is 9.89. The summed E-state index contributed by atoms with van der Waals surface area (Å²) in [6.45, 7) is 4.18. The van der Waals surface area contributed by atoms with Gasteiger partial charge in [-0.2, -0.15) is 5.10 Å². The number of anilines is 1. The third-order valence-corrected chi connectivity index (χ3v) is 4.57. The molecule has 2 aromatic rings. The molecular formula is C17H26N6O. The van der Waals surface area contributed by atoms with Crippen molar-refractivity contribution in [1.29, 1.82) is 0 Å². The number of amides is 1. The van der Waals surface area contributed by atoms with Crippen molar-refractivity contribution in [3.63, 3.8) is 0 Å². The molecule has 0 aromatic carbocycles. The molecule has 130 valence electrons. The van der Waals surface area contributed by atoms with Crippen LogP contribution in [0.2, 0.25) is 0 Å². The van der Waals surface area contributed by atoms with Gasteiger partial charge in [0.05, 0.1) is 18.1 Å². The van der Waals surface area contributed by atoms with Crippen LogP contribution < -0.4 is 10.6 Å². The van der Waals surface area contributed by atoms with E-state index in [1.807, 2.05) is 4.68 Å². The van der Waals surface area contributed by atoms with Crippen molar-refractivity contribution in [2.45, 2.75) is 52.0 Å². The highest BCUT2D eigenvalue weighted by Gasteiger charge is 2.20. The van der Waals surface area contributed by atoms with Gasteiger partial charge in [-0.25, -0.2) is 14.6 Å². The predicted molar refractivity (Wildman–Crippen MR) is 93.7 cm³/mol. The Kier molecular flexibility index (Phi) is 5.61. The normalized spacial score (nSPS) is 15.5. The average Bonchev–Trinajstić information content (AvgIpc) is 3.04. The molecule has 2 heterocycles. The van der Waals surface area contributed by atoms with Gasteiger partial charge in [-0.3, -0.25) is 4.79 Å². The lowest BCUT2D eigenvalue weighted by molar-refractivity contribution is -0.125. The highest BCUT2D eigenvalue weighted by atomic mass is 16.1. The third kappa shape index (κ3) is 3.83. The molecule has 2 aromatic heterocycles. The summed E-state index contributed by atoms with van der Waals surface area (Å²) in [6, 6.07) is 0. The number of nitrogens with zero attached hydrogens (tertiary/aromatic N) is 4. The lowest BCUT2D eigenvalue weighted by Gasteiger charge is -2.20. The number of carbonyl (C=O) groups excluding carboxylic acids is 1. The molecule has 0 radical (unpaired) electrons. The van der Waals surface area contributed by atoms with E-state index in [1.54, 1.807) is 12.5 Å². The zero-order chi connectivity index (χ0) is 16.8. The minimum Gasteiger partial charge on any atom is -0.369 e. The highest BCUT2D eigenvalue weighted by Crippen LogP contribution is 2.23. The van der Waals surface area contributed by atoms with Crippen molar-refractivity contribution in [2.24, 2.45) is 5.92 Å². The van der Waals surface area contributed by atoms with Crippen LogP contribution in [0.4, 0.5) is 5.82 Å². The largest absolute Gasteiger partial charge is 0.369 e. The van der Waals surface area contributed by atoms with Crippen LogP contribution in [0.5, 0.6) is 0 Å². The summed E-state index contributed by atoms with van der Waals surface area (Å²) in [5.74, 6) is 1.20. The van der Waals surface area contributed by atoms with Crippen LogP contribution in [0.15, 0.2) is 12.5 Å². The number of nitrogens with one attached hydrogen (secondary N) is 2. The minimum atomic E-state index is 0.186. The van der Waals surface area contributed by atoms with E-state index < -0.39 is 0 Å². The van der Waals surface area contributed by atoms with Crippen molar-refractivity contribution in [1.82, 2.24) is 25.1 Å². The molecule has 1 aliphatic rings. The number of aromatic nitrogens is 4. The Hall–Kier alpha value is -2.18. The van der Waals surface area contributed by atoms with E-state index in [2.05, 4.69) is 32.6 Å². The fraction of sp³-hybridized carbons (Fsp3) is 0.647. The smallest absolute Gasteiger partial charge is 0.223 e. The van der Waals surface area contributed by atoms with Gasteiger partial charge in [0.15, 0.2) is 5.65 Å². The number of hydrogen-bond acceptors (Lipinski definition) is 5. The van der Waals surface area contributed by atoms with E-state index in [1.165, 1.54) is 19.3 Å². The molecule has 2 N–H and O–H groups in total. The van der Waals surface area contributed by atoms with E-state index >= 15 is 0 Å². The van der Waals surface area contributed by atoms with Crippen LogP contribution in [0.3, 0.4) is 0 Å². The molecule has 7 nitrogen and oxygen atoms in total. The molecule has 1 aliphatic carbocycles. The quantitative estimate of drug-likeness (QED) is 0.814. The second-order valence-electron chi connectivity index (χ2n) is 6.38. The van der Waals surface area contributed by atoms with Crippen LogP contribution >= 0.6 is 0 Å². The predicted octanol–water partition coefficient (Wildman–Crippen LogP) is 2.34. The molecule has 1 fully saturated rings. The summed E-state index contributed by atoms with van der Waals surface area (Å²) < 4.78 is 1.83. The monoisotopic (exact) mass is 330 g/mol. The van der Waals surface area contributed by atoms with Crippen molar-refractivity contribution >= 4 is 22.8 Å². The molecule has 0 spiro atoms. The molecule has 0 saturated heterocycles. The van der Waals surface area contributed by atoms with Crippen LogP contribution in [0.1, 0.15) is 45.4 Å². The van der Waals surface area contributed by atoms with E-state index in [9.17, 15) is 4.79 Å². The second kappa shape index (κ2) is 8.08. The number of rotatable bonds is 7. The molecule has 1 saturated carbocycles. The minimum absolute atomic E-state index is 0.186. The summed E-state index contributed by atoms with van der Waals surface area (Å²) in [4.78, 5) is 20.8. The Balaban J connectivity index is 1.58. The Labute approximate surface area is 142 Å². The number of hydrogen-bond donors (Lipinski definition) is 2. The molecule has 1 amide bonds. The molecule has 0 unspecified atom stereocenters. The topological polar surface area (TPSA) is 84.7 Å². The first-order valence-electron chi connectivity index (χ1n) is 8.97. The number of carbonyl (C=O) groups is 1. The maximum absolute atomic E-state index is 12.2. The van der Waals surface area contributed by atoms with Gasteiger partial charge in [-0.05, 0) is 19.3 Å². The molecule has 24 heavy (non-hydrogen) atoms. The van der Waals surface area contributed by atoms with Gasteiger partial charge in [0.1, 0.15) is 12.1 Å². The molecule has 0 atom stereocenters. The van der Waals surface area contributed by atoms with Gasteiger partial charge in [0.25, 0.3) is 0 Å². The van der Waals surface area contributed by atoms with Gasteiger partial charge in [0, 0.05) is 19.0 Å². The first-order valence-corrected chi connectivity index (χ1v) is 8.97. The number of fused-ring (bicyclic) bond motifs is 1. The molecule has 7 heteroatoms. The van der Waals surface area contributed by atoms with Gasteiger partial charge in [0.2, 0.25) is 5.91 Å². The maximum Gasteiger partial charge on any atom is 0.223 e. The summed E-state index contributed by atoms with van der Waals surface area (Å²) in [7, 11) is 0. The summed E-state index contributed by atoms with van der Waals surface area (Å²) in [5.41, 5.74) is 0.801. The van der Waals surface area contributed by atoms with Crippen molar-refractivity contribution < 1.29 is 4.79 Å². The molecular weight excluding hydrogens is 304 g/mol. The molecule has 0 aliphatic heterocycles. The Morgan fingerprint density at radius 1 is 1.25 bits per heavy atom. The fourth-order valence-electron chi connectivity index (χ4n) is 3.23. The van der Waals surface area contributed by atoms with Crippen LogP contribution in [-0.4, -0.2) is 38.7 Å². The summed E-state index contributed by atoms with van der Waals surface area (Å²) in [6.07, 6.45) is 10.0. The van der Waals surface area contributed by atoms with E-state index in [4.69, 9.17) is 0 Å². The Bertz CT molecular complexity index is 677. The van der Waals surface area contributed by atoms with Crippen LogP contribution in [-0.2, 0) is 11.3 Å². The first kappa shape index (κ1) is 16.7. The van der Waals surface area contributed by atoms with Crippen LogP contribution in [0, 0.1) is 5.92 Å². The van der Waals surface area contributed by atoms with Gasteiger partial charge in [-0.1, -0.05) is 26.2 Å². The van der Waals surface area contributed by atoms with Gasteiger partial charge < -0.3 is 10.6 Å². The van der Waals surface area contributed by atoms with Crippen LogP contribution in [0.25, 0.3) is 11.0 Å². The fourth-order valence-corrected chi connectivity index (χ4v) is 3.23. The van der Waals surface area contributed by atoms with E-state index in [0.29, 0.717) is 13.1 Å². The highest BCUT2D eigenvalue weighted by molar-refractivity contribution is 5.86. The van der Waals surface area contributed by atoms with Gasteiger partial charge in [-0.15, -0.1) is 0 Å². The third-order valence-electron chi connectivity index (χ3n) is 4.57. The standard InChI is InChI=1S/C17H26N6O/c1-2-8-18-15-14-11-22-23(16(14)21-12-20-15)10-9-19-17(24)13-6-4-3-5-7-13/h11-13H,2-10H2,1H3,(H,19,24)(H,18,20,21). The van der Waals surface area contributed by atoms with E-state index in [-0.39, 0.29) is 11.8 Å². The lowest BCUT2D eigenvalue weighted by Crippen LogP contribution is -2.34. The SMILES string of the molecule is CCCNc1ncnc2c1cnn2CCNC(=O)C1CCCCC1. The van der Waals surface area contributed by atoms with E-state index in [0.717, 1.165) is 42.7 Å². The second-order valence-corrected chi connectivity index (χ2v) is 6.38. The van der Waals surface area contributed by atoms with Crippen molar-refractivity contribution in [3.05, 3.63) is 12.5 Å². The molecule has 0 bridgehead atoms. The summed E-state index contributed by atoms with van der Waals surface area (Å²) in [5, 5.41) is 11.7.